The van der Waals surface area contributed by atoms with Crippen LogP contribution in [-0.2, 0) is 28.6 Å². The van der Waals surface area contributed by atoms with Gasteiger partial charge < -0.3 is 23.8 Å². The van der Waals surface area contributed by atoms with Crippen LogP contribution in [0, 0.1) is 0 Å². The number of esters is 2. The number of hydrogen-bond acceptors (Lipinski definition) is 6. The number of allylic oxidation sites excluding steroid dienone is 4. The highest BCUT2D eigenvalue weighted by Gasteiger charge is 2.31. The highest BCUT2D eigenvalue weighted by molar-refractivity contribution is 5.72. The zero-order valence-electron chi connectivity index (χ0n) is 40.9. The van der Waals surface area contributed by atoms with Crippen molar-refractivity contribution in [2.24, 2.45) is 0 Å². The van der Waals surface area contributed by atoms with Crippen molar-refractivity contribution in [1.82, 2.24) is 0 Å². The van der Waals surface area contributed by atoms with E-state index in [0.29, 0.717) is 19.3 Å². The van der Waals surface area contributed by atoms with E-state index in [-0.39, 0.29) is 36.2 Å². The number of hydrogen-bond donors (Lipinski definition) is 1. The van der Waals surface area contributed by atoms with Crippen molar-refractivity contribution < 1.29 is 38.2 Å². The molecule has 8 heteroatoms. The van der Waals surface area contributed by atoms with E-state index in [9.17, 15) is 19.5 Å². The maximum absolute atomic E-state index is 12.8. The van der Waals surface area contributed by atoms with Gasteiger partial charge in [0.15, 0.2) is 12.1 Å². The summed E-state index contributed by atoms with van der Waals surface area (Å²) in [5.74, 6) is -1.46. The van der Waals surface area contributed by atoms with E-state index in [4.69, 9.17) is 14.2 Å². The zero-order valence-corrected chi connectivity index (χ0v) is 40.9. The van der Waals surface area contributed by atoms with E-state index in [2.05, 4.69) is 38.2 Å². The summed E-state index contributed by atoms with van der Waals surface area (Å²) in [4.78, 5) is 37.1. The van der Waals surface area contributed by atoms with E-state index in [1.165, 1.54) is 161 Å². The van der Waals surface area contributed by atoms with Crippen LogP contribution >= 0.6 is 0 Å². The quantitative estimate of drug-likeness (QED) is 0.0281. The SMILES string of the molecule is CCCCCCCCCCC/C=C/C/C=C/CCCCCCCCCC(=O)OC(COCCC(C(=O)O)[N+](C)(C)C)COC(=O)CCCCCCCCCCCCCCCC. The Morgan fingerprint density at radius 3 is 1.26 bits per heavy atom. The Balaban J connectivity index is 4.22. The van der Waals surface area contributed by atoms with Gasteiger partial charge in [0.25, 0.3) is 0 Å². The van der Waals surface area contributed by atoms with Crippen LogP contribution < -0.4 is 0 Å². The van der Waals surface area contributed by atoms with Crippen molar-refractivity contribution in [2.75, 3.05) is 41.0 Å². The van der Waals surface area contributed by atoms with E-state index >= 15 is 0 Å². The number of rotatable bonds is 47. The lowest BCUT2D eigenvalue weighted by Crippen LogP contribution is -2.50. The third-order valence-electron chi connectivity index (χ3n) is 11.9. The van der Waals surface area contributed by atoms with Gasteiger partial charge in [0.1, 0.15) is 6.61 Å². The summed E-state index contributed by atoms with van der Waals surface area (Å²) in [5.41, 5.74) is 0. The number of carboxylic acids is 1. The molecule has 0 aromatic heterocycles. The van der Waals surface area contributed by atoms with Crippen molar-refractivity contribution in [3.05, 3.63) is 24.3 Å². The molecule has 0 bridgehead atoms. The lowest BCUT2D eigenvalue weighted by Gasteiger charge is -2.31. The van der Waals surface area contributed by atoms with Gasteiger partial charge in [-0.3, -0.25) is 9.59 Å². The largest absolute Gasteiger partial charge is 0.477 e. The highest BCUT2D eigenvalue weighted by Crippen LogP contribution is 2.16. The first-order valence-corrected chi connectivity index (χ1v) is 25.9. The van der Waals surface area contributed by atoms with Crippen LogP contribution in [0.4, 0.5) is 0 Å². The Hall–Kier alpha value is -2.19. The van der Waals surface area contributed by atoms with Crippen molar-refractivity contribution in [1.29, 1.82) is 0 Å². The van der Waals surface area contributed by atoms with E-state index in [0.717, 1.165) is 51.4 Å². The van der Waals surface area contributed by atoms with Gasteiger partial charge in [-0.15, -0.1) is 0 Å². The summed E-state index contributed by atoms with van der Waals surface area (Å²) in [6.45, 7) is 4.76. The third-order valence-corrected chi connectivity index (χ3v) is 11.9. The van der Waals surface area contributed by atoms with Crippen LogP contribution in [-0.4, -0.2) is 80.6 Å². The molecule has 61 heavy (non-hydrogen) atoms. The maximum Gasteiger partial charge on any atom is 0.362 e. The van der Waals surface area contributed by atoms with Crippen LogP contribution in [0.25, 0.3) is 0 Å². The molecule has 0 rings (SSSR count). The molecule has 0 saturated heterocycles. The number of nitrogens with zero attached hydrogens (tertiary/aromatic N) is 1. The third kappa shape index (κ3) is 42.9. The molecule has 8 nitrogen and oxygen atoms in total. The Kier molecular flexibility index (Phi) is 42.8. The fourth-order valence-corrected chi connectivity index (χ4v) is 7.83. The number of likely N-dealkylation sites (N-methyl/N-ethyl adjacent to an activating group) is 1. The van der Waals surface area contributed by atoms with Crippen LogP contribution in [0.1, 0.15) is 245 Å². The predicted octanol–water partition coefficient (Wildman–Crippen LogP) is 14.8. The minimum absolute atomic E-state index is 0.0494. The first-order chi connectivity index (χ1) is 29.6. The molecule has 2 unspecified atom stereocenters. The molecule has 0 fully saturated rings. The number of quaternary nitrogens is 1. The second-order valence-corrected chi connectivity index (χ2v) is 18.8. The number of carbonyl (C=O) groups is 3. The Bertz CT molecular complexity index is 1050. The molecule has 0 aliphatic heterocycles. The van der Waals surface area contributed by atoms with Crippen molar-refractivity contribution in [3.63, 3.8) is 0 Å². The van der Waals surface area contributed by atoms with E-state index in [1.807, 2.05) is 21.1 Å². The van der Waals surface area contributed by atoms with Gasteiger partial charge in [-0.05, 0) is 44.9 Å². The molecule has 0 aliphatic carbocycles. The highest BCUT2D eigenvalue weighted by atomic mass is 16.6. The van der Waals surface area contributed by atoms with Crippen LogP contribution in [0.5, 0.6) is 0 Å². The molecule has 358 valence electrons. The normalized spacial score (nSPS) is 13.0. The smallest absolute Gasteiger partial charge is 0.362 e. The van der Waals surface area contributed by atoms with Crippen LogP contribution in [0.15, 0.2) is 24.3 Å². The summed E-state index contributed by atoms with van der Waals surface area (Å²) < 4.78 is 17.3. The molecule has 0 aromatic carbocycles. The first kappa shape index (κ1) is 58.8. The minimum Gasteiger partial charge on any atom is -0.477 e. The number of ether oxygens (including phenoxy) is 3. The topological polar surface area (TPSA) is 99.1 Å². The molecule has 0 radical (unpaired) electrons. The van der Waals surface area contributed by atoms with Crippen molar-refractivity contribution in [2.45, 2.75) is 257 Å². The Morgan fingerprint density at radius 1 is 0.492 bits per heavy atom. The average Bonchev–Trinajstić information content (AvgIpc) is 3.22. The Labute approximate surface area is 377 Å². The van der Waals surface area contributed by atoms with Gasteiger partial charge in [0.05, 0.1) is 34.4 Å². The van der Waals surface area contributed by atoms with E-state index < -0.39 is 18.1 Å². The second kappa shape index (κ2) is 44.4. The van der Waals surface area contributed by atoms with Gasteiger partial charge in [-0.1, -0.05) is 205 Å². The van der Waals surface area contributed by atoms with Crippen molar-refractivity contribution in [3.8, 4) is 0 Å². The second-order valence-electron chi connectivity index (χ2n) is 18.8. The number of unbranched alkanes of at least 4 members (excludes halogenated alkanes) is 29. The number of carboxylic acid groups (broad SMARTS) is 1. The fraction of sp³-hybridized carbons (Fsp3) is 0.868. The lowest BCUT2D eigenvalue weighted by molar-refractivity contribution is -0.887. The monoisotopic (exact) mass is 863 g/mol. The summed E-state index contributed by atoms with van der Waals surface area (Å²) >= 11 is 0. The average molecular weight is 863 g/mol. The standard InChI is InChI=1S/C53H99NO7/c1-6-8-10-12-14-16-18-20-22-23-24-25-26-27-28-29-30-32-34-36-38-40-42-44-52(56)61-49(47-59-46-45-50(53(57)58)54(3,4)5)48-60-51(55)43-41-39-37-35-33-31-21-19-17-15-13-11-9-7-2/h24-25,27-28,49-50H,6-23,26,29-48H2,1-5H3/p+1/b25-24+,28-27+. The number of carbonyl (C=O) groups excluding carboxylic acids is 2. The van der Waals surface area contributed by atoms with Gasteiger partial charge >= 0.3 is 17.9 Å². The van der Waals surface area contributed by atoms with E-state index in [1.54, 1.807) is 0 Å². The molecule has 0 aromatic rings. The lowest BCUT2D eigenvalue weighted by atomic mass is 10.0. The van der Waals surface area contributed by atoms with Gasteiger partial charge in [0.2, 0.25) is 0 Å². The Morgan fingerprint density at radius 2 is 0.869 bits per heavy atom. The maximum atomic E-state index is 12.8. The molecule has 0 saturated carbocycles. The number of aliphatic carboxylic acids is 1. The molecule has 2 atom stereocenters. The van der Waals surface area contributed by atoms with Gasteiger partial charge in [-0.25, -0.2) is 4.79 Å². The molecule has 1 N–H and O–H groups in total. The van der Waals surface area contributed by atoms with Crippen LogP contribution in [0.3, 0.4) is 0 Å². The van der Waals surface area contributed by atoms with Crippen LogP contribution in [0.2, 0.25) is 0 Å². The molecular formula is C53H100NO7+. The fourth-order valence-electron chi connectivity index (χ4n) is 7.83. The molecule has 0 spiro atoms. The zero-order chi connectivity index (χ0) is 44.9. The summed E-state index contributed by atoms with van der Waals surface area (Å²) in [6, 6.07) is -0.614. The van der Waals surface area contributed by atoms with Gasteiger partial charge in [-0.2, -0.15) is 0 Å². The molecule has 0 amide bonds. The molecule has 0 aliphatic rings. The molecular weight excluding hydrogens is 763 g/mol. The summed E-state index contributed by atoms with van der Waals surface area (Å²) in [7, 11) is 5.54. The summed E-state index contributed by atoms with van der Waals surface area (Å²) in [6.07, 6.45) is 50.8. The minimum atomic E-state index is -0.873. The summed E-state index contributed by atoms with van der Waals surface area (Å²) in [5, 5.41) is 9.65. The molecule has 0 heterocycles. The predicted molar refractivity (Wildman–Crippen MR) is 257 cm³/mol. The van der Waals surface area contributed by atoms with Crippen molar-refractivity contribution >= 4 is 17.9 Å². The first-order valence-electron chi connectivity index (χ1n) is 25.9. The van der Waals surface area contributed by atoms with Gasteiger partial charge in [0, 0.05) is 19.3 Å².